The van der Waals surface area contributed by atoms with Crippen LogP contribution in [0.4, 0.5) is 17.3 Å². The van der Waals surface area contributed by atoms with Crippen LogP contribution in [0.5, 0.6) is 0 Å². The Morgan fingerprint density at radius 1 is 1.31 bits per heavy atom. The fourth-order valence-corrected chi connectivity index (χ4v) is 3.23. The van der Waals surface area contributed by atoms with E-state index < -0.39 is 0 Å². The van der Waals surface area contributed by atoms with E-state index in [1.807, 2.05) is 25.1 Å². The van der Waals surface area contributed by atoms with Crippen LogP contribution in [0, 0.1) is 12.8 Å². The molecule has 26 heavy (non-hydrogen) atoms. The molecule has 6 nitrogen and oxygen atoms in total. The minimum atomic E-state index is -0.307. The number of aromatic nitrogens is 2. The summed E-state index contributed by atoms with van der Waals surface area (Å²) >= 11 is 0. The first-order chi connectivity index (χ1) is 12.5. The van der Waals surface area contributed by atoms with E-state index in [4.69, 9.17) is 4.74 Å². The summed E-state index contributed by atoms with van der Waals surface area (Å²) in [5.74, 6) is 2.85. The third-order valence-electron chi connectivity index (χ3n) is 4.47. The lowest BCUT2D eigenvalue weighted by atomic mass is 10.0. The summed E-state index contributed by atoms with van der Waals surface area (Å²) in [6.07, 6.45) is 2.47. The van der Waals surface area contributed by atoms with Crippen molar-refractivity contribution >= 4 is 23.3 Å². The number of esters is 1. The number of hydrogen-bond donors (Lipinski definition) is 1. The zero-order chi connectivity index (χ0) is 18.5. The van der Waals surface area contributed by atoms with E-state index in [9.17, 15) is 4.79 Å². The van der Waals surface area contributed by atoms with Gasteiger partial charge in [0.1, 0.15) is 17.5 Å². The van der Waals surface area contributed by atoms with E-state index in [2.05, 4.69) is 27.1 Å². The van der Waals surface area contributed by atoms with Crippen molar-refractivity contribution in [3.63, 3.8) is 0 Å². The summed E-state index contributed by atoms with van der Waals surface area (Å²) in [5.41, 5.74) is 1.41. The minimum Gasteiger partial charge on any atom is -0.462 e. The quantitative estimate of drug-likeness (QED) is 0.820. The highest BCUT2D eigenvalue weighted by Gasteiger charge is 2.18. The monoisotopic (exact) mass is 354 g/mol. The van der Waals surface area contributed by atoms with E-state index in [1.165, 1.54) is 12.8 Å². The maximum Gasteiger partial charge on any atom is 0.338 e. The van der Waals surface area contributed by atoms with E-state index in [0.29, 0.717) is 18.1 Å². The molecule has 138 valence electrons. The number of benzene rings is 1. The lowest BCUT2D eigenvalue weighted by molar-refractivity contribution is 0.0526. The van der Waals surface area contributed by atoms with Gasteiger partial charge in [0, 0.05) is 24.8 Å². The average molecular weight is 354 g/mol. The van der Waals surface area contributed by atoms with E-state index in [-0.39, 0.29) is 5.97 Å². The van der Waals surface area contributed by atoms with Crippen molar-refractivity contribution in [2.45, 2.75) is 33.6 Å². The second-order valence-corrected chi connectivity index (χ2v) is 6.77. The first kappa shape index (κ1) is 18.2. The molecule has 0 amide bonds. The molecule has 0 bridgehead atoms. The molecule has 1 aromatic heterocycles. The predicted octanol–water partition coefficient (Wildman–Crippen LogP) is 3.94. The second-order valence-electron chi connectivity index (χ2n) is 6.77. The Labute approximate surface area is 154 Å². The molecule has 1 N–H and O–H groups in total. The van der Waals surface area contributed by atoms with Crippen molar-refractivity contribution in [2.24, 2.45) is 5.92 Å². The normalized spacial score (nSPS) is 17.0. The molecule has 0 saturated carbocycles. The zero-order valence-corrected chi connectivity index (χ0v) is 15.7. The van der Waals surface area contributed by atoms with Crippen molar-refractivity contribution in [3.05, 3.63) is 41.7 Å². The highest BCUT2D eigenvalue weighted by atomic mass is 16.5. The number of nitrogens with one attached hydrogen (secondary N) is 1. The van der Waals surface area contributed by atoms with Crippen LogP contribution in [0.15, 0.2) is 30.3 Å². The summed E-state index contributed by atoms with van der Waals surface area (Å²) in [6.45, 7) is 8.43. The van der Waals surface area contributed by atoms with Gasteiger partial charge in [-0.15, -0.1) is 0 Å². The number of ether oxygens (including phenoxy) is 1. The van der Waals surface area contributed by atoms with Crippen LogP contribution in [0.25, 0.3) is 0 Å². The third-order valence-corrected chi connectivity index (χ3v) is 4.47. The van der Waals surface area contributed by atoms with E-state index >= 15 is 0 Å². The molecule has 1 fully saturated rings. The van der Waals surface area contributed by atoms with Crippen molar-refractivity contribution in [1.29, 1.82) is 0 Å². The van der Waals surface area contributed by atoms with Crippen LogP contribution < -0.4 is 10.2 Å². The van der Waals surface area contributed by atoms with Gasteiger partial charge >= 0.3 is 5.97 Å². The molecule has 1 atom stereocenters. The molecule has 0 aliphatic carbocycles. The number of hydrogen-bond acceptors (Lipinski definition) is 6. The molecule has 1 aliphatic heterocycles. The Morgan fingerprint density at radius 2 is 2.08 bits per heavy atom. The van der Waals surface area contributed by atoms with Gasteiger partial charge < -0.3 is 15.0 Å². The van der Waals surface area contributed by atoms with Crippen LogP contribution in [0.1, 0.15) is 42.9 Å². The SMILES string of the molecule is CCOC(=O)c1ccc(Nc2cc(N3CCCC(C)C3)nc(C)n2)cc1. The minimum absolute atomic E-state index is 0.307. The molecule has 1 saturated heterocycles. The molecule has 2 heterocycles. The van der Waals surface area contributed by atoms with Crippen LogP contribution in [-0.4, -0.2) is 35.6 Å². The Balaban J connectivity index is 1.74. The van der Waals surface area contributed by atoms with Crippen molar-refractivity contribution < 1.29 is 9.53 Å². The number of carbonyl (C=O) groups is 1. The Kier molecular flexibility index (Phi) is 5.71. The molecule has 0 spiro atoms. The molecule has 0 radical (unpaired) electrons. The molecule has 2 aromatic rings. The summed E-state index contributed by atoms with van der Waals surface area (Å²) in [7, 11) is 0. The molecule has 1 aromatic carbocycles. The van der Waals surface area contributed by atoms with Crippen LogP contribution >= 0.6 is 0 Å². The van der Waals surface area contributed by atoms with Gasteiger partial charge in [0.05, 0.1) is 12.2 Å². The number of carbonyl (C=O) groups excluding carboxylic acids is 1. The second kappa shape index (κ2) is 8.17. The first-order valence-electron chi connectivity index (χ1n) is 9.20. The van der Waals surface area contributed by atoms with E-state index in [1.54, 1.807) is 19.1 Å². The fraction of sp³-hybridized carbons (Fsp3) is 0.450. The van der Waals surface area contributed by atoms with Crippen molar-refractivity contribution in [3.8, 4) is 0 Å². The van der Waals surface area contributed by atoms with Gasteiger partial charge in [0.15, 0.2) is 0 Å². The van der Waals surface area contributed by atoms with Gasteiger partial charge in [0.25, 0.3) is 0 Å². The Hall–Kier alpha value is -2.63. The number of nitrogens with zero attached hydrogens (tertiary/aromatic N) is 3. The van der Waals surface area contributed by atoms with Gasteiger partial charge in [-0.05, 0) is 56.9 Å². The maximum atomic E-state index is 11.7. The summed E-state index contributed by atoms with van der Waals surface area (Å²) in [5, 5.41) is 3.30. The molecular formula is C20H26N4O2. The van der Waals surface area contributed by atoms with Crippen molar-refractivity contribution in [1.82, 2.24) is 9.97 Å². The number of rotatable bonds is 5. The smallest absolute Gasteiger partial charge is 0.338 e. The molecular weight excluding hydrogens is 328 g/mol. The van der Waals surface area contributed by atoms with Gasteiger partial charge in [-0.1, -0.05) is 6.92 Å². The van der Waals surface area contributed by atoms with Gasteiger partial charge in [-0.3, -0.25) is 0 Å². The zero-order valence-electron chi connectivity index (χ0n) is 15.7. The number of piperidine rings is 1. The highest BCUT2D eigenvalue weighted by molar-refractivity contribution is 5.89. The van der Waals surface area contributed by atoms with Gasteiger partial charge in [-0.25, -0.2) is 14.8 Å². The summed E-state index contributed by atoms with van der Waals surface area (Å²) < 4.78 is 5.01. The first-order valence-corrected chi connectivity index (χ1v) is 9.20. The topological polar surface area (TPSA) is 67.3 Å². The van der Waals surface area contributed by atoms with Crippen molar-refractivity contribution in [2.75, 3.05) is 29.9 Å². The molecule has 1 aliphatic rings. The largest absolute Gasteiger partial charge is 0.462 e. The number of aryl methyl sites for hydroxylation is 1. The Morgan fingerprint density at radius 3 is 2.77 bits per heavy atom. The number of anilines is 3. The molecule has 3 rings (SSSR count). The lowest BCUT2D eigenvalue weighted by Crippen LogP contribution is -2.35. The van der Waals surface area contributed by atoms with Gasteiger partial charge in [-0.2, -0.15) is 0 Å². The maximum absolute atomic E-state index is 11.7. The van der Waals surface area contributed by atoms with E-state index in [0.717, 1.165) is 36.2 Å². The summed E-state index contributed by atoms with van der Waals surface area (Å²) in [6, 6.07) is 9.20. The third kappa shape index (κ3) is 4.50. The Bertz CT molecular complexity index is 761. The van der Waals surface area contributed by atoms with Crippen LogP contribution in [0.3, 0.4) is 0 Å². The predicted molar refractivity (Wildman–Crippen MR) is 103 cm³/mol. The molecule has 1 unspecified atom stereocenters. The summed E-state index contributed by atoms with van der Waals surface area (Å²) in [4.78, 5) is 23.2. The van der Waals surface area contributed by atoms with Crippen LogP contribution in [0.2, 0.25) is 0 Å². The standard InChI is InChI=1S/C20H26N4O2/c1-4-26-20(25)16-7-9-17(10-8-16)23-18-12-19(22-15(3)21-18)24-11-5-6-14(2)13-24/h7-10,12,14H,4-6,11,13H2,1-3H3,(H,21,22,23). The average Bonchev–Trinajstić information content (AvgIpc) is 2.62. The van der Waals surface area contributed by atoms with Gasteiger partial charge in [0.2, 0.25) is 0 Å². The molecule has 6 heteroatoms. The lowest BCUT2D eigenvalue weighted by Gasteiger charge is -2.32. The van der Waals surface area contributed by atoms with Crippen LogP contribution in [-0.2, 0) is 4.74 Å². The highest BCUT2D eigenvalue weighted by Crippen LogP contribution is 2.24. The fourth-order valence-electron chi connectivity index (χ4n) is 3.23.